The lowest BCUT2D eigenvalue weighted by molar-refractivity contribution is -0.128. The first-order valence-electron chi connectivity index (χ1n) is 10.3. The van der Waals surface area contributed by atoms with Gasteiger partial charge < -0.3 is 14.9 Å². The fourth-order valence-corrected chi connectivity index (χ4v) is 4.86. The largest absolute Gasteiger partial charge is 0.507 e. The van der Waals surface area contributed by atoms with Crippen molar-refractivity contribution in [1.29, 1.82) is 0 Å². The summed E-state index contributed by atoms with van der Waals surface area (Å²) in [5, 5.41) is 19.5. The van der Waals surface area contributed by atoms with Crippen LogP contribution in [0.1, 0.15) is 0 Å². The minimum absolute atomic E-state index is 0.0858. The number of aromatic hydroxyl groups is 1. The van der Waals surface area contributed by atoms with Gasteiger partial charge in [-0.2, -0.15) is 0 Å². The van der Waals surface area contributed by atoms with Gasteiger partial charge in [0.1, 0.15) is 5.75 Å². The van der Waals surface area contributed by atoms with Crippen LogP contribution in [0.4, 0.5) is 5.69 Å². The third kappa shape index (κ3) is 4.99. The fourth-order valence-electron chi connectivity index (χ4n) is 3.65. The predicted octanol–water partition coefficient (Wildman–Crippen LogP) is 4.04. The Morgan fingerprint density at radius 3 is 2.59 bits per heavy atom. The molecule has 3 aromatic rings. The van der Waals surface area contributed by atoms with Gasteiger partial charge in [-0.3, -0.25) is 9.36 Å². The summed E-state index contributed by atoms with van der Waals surface area (Å²) in [7, 11) is 0. The van der Waals surface area contributed by atoms with E-state index in [0.717, 1.165) is 17.6 Å². The van der Waals surface area contributed by atoms with Gasteiger partial charge in [-0.15, -0.1) is 16.8 Å². The van der Waals surface area contributed by atoms with Crippen molar-refractivity contribution in [3.8, 4) is 17.1 Å². The molecule has 0 aliphatic carbocycles. The number of amides is 1. The van der Waals surface area contributed by atoms with Gasteiger partial charge in [0.25, 0.3) is 0 Å². The molecule has 1 aliphatic rings. The summed E-state index contributed by atoms with van der Waals surface area (Å²) >= 11 is 4.78. The summed E-state index contributed by atoms with van der Waals surface area (Å²) < 4.78 is 2.69. The van der Waals surface area contributed by atoms with E-state index in [1.807, 2.05) is 27.7 Å². The molecule has 1 fully saturated rings. The summed E-state index contributed by atoms with van der Waals surface area (Å²) in [5.74, 6) is 1.03. The molecule has 0 radical (unpaired) electrons. The molecule has 166 valence electrons. The minimum atomic E-state index is 0.0858. The third-order valence-electron chi connectivity index (χ3n) is 5.31. The lowest BCUT2D eigenvalue weighted by Crippen LogP contribution is -2.49. The molecule has 1 saturated heterocycles. The monoisotopic (exact) mass is 513 g/mol. The lowest BCUT2D eigenvalue weighted by atomic mass is 10.2. The molecule has 7 nitrogen and oxygen atoms in total. The number of rotatable bonds is 7. The number of phenolic OH excluding ortho intramolecular Hbond substituents is 1. The van der Waals surface area contributed by atoms with Crippen molar-refractivity contribution in [3.05, 3.63) is 65.7 Å². The van der Waals surface area contributed by atoms with E-state index in [1.54, 1.807) is 24.3 Å². The Morgan fingerprint density at radius 2 is 1.88 bits per heavy atom. The molecular formula is C23H24BrN5O2S. The van der Waals surface area contributed by atoms with Gasteiger partial charge in [0, 0.05) is 42.9 Å². The van der Waals surface area contributed by atoms with Crippen LogP contribution in [-0.4, -0.2) is 62.6 Å². The standard InChI is InChI=1S/C23H24BrN5O2S/c1-2-10-29-22(19-15-17(24)8-9-20(19)30)25-26-23(29)32-16-21(31)28-13-11-27(12-14-28)18-6-4-3-5-7-18/h2-9,15,30H,1,10-14,16H2. The predicted molar refractivity (Wildman–Crippen MR) is 131 cm³/mol. The van der Waals surface area contributed by atoms with E-state index in [9.17, 15) is 9.90 Å². The van der Waals surface area contributed by atoms with Crippen molar-refractivity contribution in [1.82, 2.24) is 19.7 Å². The Morgan fingerprint density at radius 1 is 1.12 bits per heavy atom. The van der Waals surface area contributed by atoms with Crippen LogP contribution >= 0.6 is 27.7 Å². The molecule has 1 aliphatic heterocycles. The van der Waals surface area contributed by atoms with Gasteiger partial charge in [-0.05, 0) is 30.3 Å². The molecule has 0 atom stereocenters. The summed E-state index contributed by atoms with van der Waals surface area (Å²) in [5.41, 5.74) is 1.76. The van der Waals surface area contributed by atoms with Crippen molar-refractivity contribution >= 4 is 39.3 Å². The Balaban J connectivity index is 1.40. The Labute approximate surface area is 199 Å². The number of hydrogen-bond donors (Lipinski definition) is 1. The Kier molecular flexibility index (Phi) is 7.16. The van der Waals surface area contributed by atoms with Crippen LogP contribution in [0.5, 0.6) is 5.75 Å². The van der Waals surface area contributed by atoms with Crippen LogP contribution < -0.4 is 4.90 Å². The molecule has 0 unspecified atom stereocenters. The molecule has 9 heteroatoms. The molecule has 32 heavy (non-hydrogen) atoms. The molecule has 0 saturated carbocycles. The molecule has 1 N–H and O–H groups in total. The van der Waals surface area contributed by atoms with E-state index in [2.05, 4.69) is 49.7 Å². The highest BCUT2D eigenvalue weighted by molar-refractivity contribution is 9.10. The Bertz CT molecular complexity index is 1100. The summed E-state index contributed by atoms with van der Waals surface area (Å²) in [6.07, 6.45) is 1.75. The molecule has 2 heterocycles. The van der Waals surface area contributed by atoms with Crippen molar-refractivity contribution in [2.24, 2.45) is 0 Å². The van der Waals surface area contributed by atoms with Crippen LogP contribution in [0.25, 0.3) is 11.4 Å². The number of nitrogens with zero attached hydrogens (tertiary/aromatic N) is 5. The van der Waals surface area contributed by atoms with Gasteiger partial charge in [0.05, 0.1) is 11.3 Å². The fraction of sp³-hybridized carbons (Fsp3) is 0.261. The number of carbonyl (C=O) groups excluding carboxylic acids is 1. The van der Waals surface area contributed by atoms with Crippen LogP contribution in [0.15, 0.2) is 70.8 Å². The molecule has 2 aromatic carbocycles. The Hall–Kier alpha value is -2.78. The van der Waals surface area contributed by atoms with Crippen molar-refractivity contribution in [3.63, 3.8) is 0 Å². The number of aromatic nitrogens is 3. The van der Waals surface area contributed by atoms with E-state index in [4.69, 9.17) is 0 Å². The molecule has 0 bridgehead atoms. The van der Waals surface area contributed by atoms with Gasteiger partial charge in [-0.25, -0.2) is 0 Å². The van der Waals surface area contributed by atoms with Crippen LogP contribution in [0, 0.1) is 0 Å². The topological polar surface area (TPSA) is 74.5 Å². The van der Waals surface area contributed by atoms with E-state index in [0.29, 0.717) is 36.2 Å². The van der Waals surface area contributed by atoms with Crippen LogP contribution in [0.2, 0.25) is 0 Å². The SMILES string of the molecule is C=CCn1c(SCC(=O)N2CCN(c3ccccc3)CC2)nnc1-c1cc(Br)ccc1O. The number of allylic oxidation sites excluding steroid dienone is 1. The number of para-hydroxylation sites is 1. The third-order valence-corrected chi connectivity index (χ3v) is 6.75. The number of anilines is 1. The normalized spacial score (nSPS) is 13.9. The quantitative estimate of drug-likeness (QED) is 0.379. The van der Waals surface area contributed by atoms with Gasteiger partial charge in [-0.1, -0.05) is 52.0 Å². The maximum atomic E-state index is 12.8. The van der Waals surface area contributed by atoms with Crippen molar-refractivity contribution in [2.75, 3.05) is 36.8 Å². The first-order chi connectivity index (χ1) is 15.6. The highest BCUT2D eigenvalue weighted by atomic mass is 79.9. The maximum absolute atomic E-state index is 12.8. The number of carbonyl (C=O) groups is 1. The second-order valence-corrected chi connectivity index (χ2v) is 9.22. The number of halogens is 1. The smallest absolute Gasteiger partial charge is 0.233 e. The van der Waals surface area contributed by atoms with Gasteiger partial charge >= 0.3 is 0 Å². The van der Waals surface area contributed by atoms with Gasteiger partial charge in [0.15, 0.2) is 11.0 Å². The highest BCUT2D eigenvalue weighted by Crippen LogP contribution is 2.32. The van der Waals surface area contributed by atoms with E-state index in [-0.39, 0.29) is 17.4 Å². The molecule has 1 aromatic heterocycles. The second kappa shape index (κ2) is 10.2. The van der Waals surface area contributed by atoms with Crippen LogP contribution in [0.3, 0.4) is 0 Å². The van der Waals surface area contributed by atoms with Gasteiger partial charge in [0.2, 0.25) is 5.91 Å². The van der Waals surface area contributed by atoms with Crippen molar-refractivity contribution in [2.45, 2.75) is 11.7 Å². The number of thioether (sulfide) groups is 1. The molecule has 4 rings (SSSR count). The number of benzene rings is 2. The zero-order chi connectivity index (χ0) is 22.5. The minimum Gasteiger partial charge on any atom is -0.507 e. The van der Waals surface area contributed by atoms with Crippen molar-refractivity contribution < 1.29 is 9.90 Å². The average Bonchev–Trinajstić information content (AvgIpc) is 3.22. The first-order valence-corrected chi connectivity index (χ1v) is 12.1. The summed E-state index contributed by atoms with van der Waals surface area (Å²) in [4.78, 5) is 17.0. The molecule has 0 spiro atoms. The zero-order valence-corrected chi connectivity index (χ0v) is 19.9. The first kappa shape index (κ1) is 22.4. The maximum Gasteiger partial charge on any atom is 0.233 e. The summed E-state index contributed by atoms with van der Waals surface area (Å²) in [6.45, 7) is 7.32. The molecule has 1 amide bonds. The van der Waals surface area contributed by atoms with E-state index < -0.39 is 0 Å². The zero-order valence-electron chi connectivity index (χ0n) is 17.5. The lowest BCUT2D eigenvalue weighted by Gasteiger charge is -2.36. The molecular weight excluding hydrogens is 490 g/mol. The highest BCUT2D eigenvalue weighted by Gasteiger charge is 2.23. The number of phenols is 1. The van der Waals surface area contributed by atoms with E-state index in [1.165, 1.54) is 17.4 Å². The van der Waals surface area contributed by atoms with Crippen LogP contribution in [-0.2, 0) is 11.3 Å². The average molecular weight is 514 g/mol. The number of hydrogen-bond acceptors (Lipinski definition) is 6. The number of piperazine rings is 1. The second-order valence-electron chi connectivity index (χ2n) is 7.36. The van der Waals surface area contributed by atoms with E-state index >= 15 is 0 Å². The summed E-state index contributed by atoms with van der Waals surface area (Å²) in [6, 6.07) is 15.4.